The number of rotatable bonds is 26. The average molecular weight is 1060 g/mol. The molecule has 9 rings (SSSR count). The highest BCUT2D eigenvalue weighted by molar-refractivity contribution is 8.77. The van der Waals surface area contributed by atoms with Crippen LogP contribution < -0.4 is 28.9 Å². The van der Waals surface area contributed by atoms with E-state index in [1.807, 2.05) is 87.8 Å². The van der Waals surface area contributed by atoms with E-state index in [0.29, 0.717) is 81.9 Å². The van der Waals surface area contributed by atoms with Crippen molar-refractivity contribution in [1.82, 2.24) is 0 Å². The molecule has 0 aliphatic carbocycles. The topological polar surface area (TPSA) is 133 Å². The summed E-state index contributed by atoms with van der Waals surface area (Å²) < 4.78 is 36.2. The molecule has 0 saturated heterocycles. The van der Waals surface area contributed by atoms with E-state index in [-0.39, 0.29) is 41.9 Å². The van der Waals surface area contributed by atoms with Gasteiger partial charge in [0, 0.05) is 84.3 Å². The Bertz CT molecular complexity index is 2880. The van der Waals surface area contributed by atoms with Gasteiger partial charge in [-0.3, -0.25) is 19.5 Å². The number of carbonyl (C=O) groups excluding carboxylic acids is 2. The molecule has 16 heteroatoms. The van der Waals surface area contributed by atoms with Gasteiger partial charge in [0.2, 0.25) is 0 Å². The lowest BCUT2D eigenvalue weighted by molar-refractivity contribution is 0.0264. The molecule has 0 N–H and O–H groups in total. The molecular weight excluding hydrogens is 987 g/mol. The number of para-hydroxylation sites is 2. The molecule has 0 fully saturated rings. The average Bonchev–Trinajstić information content (AvgIpc) is 3.92. The Hall–Kier alpha value is -6.04. The van der Waals surface area contributed by atoms with Gasteiger partial charge in [-0.05, 0) is 135 Å². The molecule has 0 unspecified atom stereocenters. The molecule has 5 aromatic rings. The largest absolute Gasteiger partial charge is 0.493 e. The van der Waals surface area contributed by atoms with Crippen molar-refractivity contribution in [2.75, 3.05) is 87.4 Å². The molecule has 396 valence electrons. The molecule has 4 aliphatic heterocycles. The van der Waals surface area contributed by atoms with E-state index in [0.717, 1.165) is 87.6 Å². The second-order valence-electron chi connectivity index (χ2n) is 19.8. The summed E-state index contributed by atoms with van der Waals surface area (Å²) in [6.45, 7) is 13.2. The van der Waals surface area contributed by atoms with Crippen LogP contribution in [0.1, 0.15) is 87.7 Å². The number of aryl methyl sites for hydroxylation is 2. The van der Waals surface area contributed by atoms with Crippen LogP contribution in [-0.2, 0) is 51.5 Å². The molecule has 0 aromatic heterocycles. The fourth-order valence-electron chi connectivity index (χ4n) is 10.2. The van der Waals surface area contributed by atoms with Crippen molar-refractivity contribution >= 4 is 68.6 Å². The number of aliphatic imine (C=N–C) groups is 1. The summed E-state index contributed by atoms with van der Waals surface area (Å²) in [5, 5.41) is 3.89. The molecular formula is C59H69N5O9S2. The third-order valence-corrected chi connectivity index (χ3v) is 17.2. The summed E-state index contributed by atoms with van der Waals surface area (Å²) in [5.41, 5.74) is 10.8. The van der Waals surface area contributed by atoms with E-state index in [4.69, 9.17) is 38.3 Å². The summed E-state index contributed by atoms with van der Waals surface area (Å²) in [6, 6.07) is 30.4. The van der Waals surface area contributed by atoms with Crippen molar-refractivity contribution in [3.05, 3.63) is 136 Å². The standard InChI is InChI=1S/C59H69N5O9S2/c1-7-61-73-20-12-26-74-75-59(3,4)39-62(19-21-69-24-25-70-23-22-67-5)47-29-41(37-71-54-33-43-17-18-46-31-44-13-8-10-15-52(44)63(46)57(65)49(43)27-40(54)2)28-42(30-47)38-72-56-35-51-50(34-55(56)68-6)58(66)64-48(36-60-51)32-45-14-9-11-16-53(45)64/h7-11,13-16,27-30,33-36,46,48H,12,17-26,31-32,37-39H2,1-6H3/t46-,48+/m1/s1. The van der Waals surface area contributed by atoms with Crippen molar-refractivity contribution in [1.29, 1.82) is 0 Å². The normalized spacial score (nSPS) is 16.5. The van der Waals surface area contributed by atoms with Crippen molar-refractivity contribution < 1.29 is 42.8 Å². The van der Waals surface area contributed by atoms with E-state index in [9.17, 15) is 9.59 Å². The van der Waals surface area contributed by atoms with Gasteiger partial charge in [0.1, 0.15) is 25.6 Å². The van der Waals surface area contributed by atoms with E-state index in [2.05, 4.69) is 72.4 Å². The molecule has 4 heterocycles. The first kappa shape index (κ1) is 53.8. The third kappa shape index (κ3) is 13.0. The van der Waals surface area contributed by atoms with Crippen molar-refractivity contribution in [2.45, 2.75) is 89.8 Å². The van der Waals surface area contributed by atoms with E-state index >= 15 is 0 Å². The summed E-state index contributed by atoms with van der Waals surface area (Å²) in [5.74, 6) is 2.52. The number of oxime groups is 1. The fourth-order valence-corrected chi connectivity index (χ4v) is 12.8. The van der Waals surface area contributed by atoms with Gasteiger partial charge in [-0.2, -0.15) is 0 Å². The highest BCUT2D eigenvalue weighted by Gasteiger charge is 2.38. The lowest BCUT2D eigenvalue weighted by Crippen LogP contribution is -2.38. The Morgan fingerprint density at radius 1 is 0.760 bits per heavy atom. The summed E-state index contributed by atoms with van der Waals surface area (Å²) in [4.78, 5) is 44.9. The number of ether oxygens (including phenoxy) is 6. The molecule has 0 radical (unpaired) electrons. The van der Waals surface area contributed by atoms with Gasteiger partial charge in [0.05, 0.1) is 57.4 Å². The number of carbonyl (C=O) groups is 2. The Morgan fingerprint density at radius 2 is 1.45 bits per heavy atom. The van der Waals surface area contributed by atoms with E-state index in [1.165, 1.54) is 5.56 Å². The second kappa shape index (κ2) is 25.2. The molecule has 0 spiro atoms. The maximum Gasteiger partial charge on any atom is 0.261 e. The van der Waals surface area contributed by atoms with Crippen LogP contribution in [0.5, 0.6) is 17.2 Å². The van der Waals surface area contributed by atoms with Crippen LogP contribution in [0.15, 0.2) is 101 Å². The van der Waals surface area contributed by atoms with E-state index in [1.54, 1.807) is 26.5 Å². The Morgan fingerprint density at radius 3 is 2.20 bits per heavy atom. The first-order valence-corrected chi connectivity index (χ1v) is 28.3. The van der Waals surface area contributed by atoms with Crippen LogP contribution in [0, 0.1) is 6.92 Å². The smallest absolute Gasteiger partial charge is 0.261 e. The van der Waals surface area contributed by atoms with Crippen molar-refractivity contribution in [3.8, 4) is 17.2 Å². The van der Waals surface area contributed by atoms with Gasteiger partial charge in [-0.25, -0.2) is 0 Å². The maximum absolute atomic E-state index is 14.2. The molecule has 75 heavy (non-hydrogen) atoms. The Balaban J connectivity index is 0.986. The fraction of sp³-hybridized carbons (Fsp3) is 0.424. The molecule has 0 saturated carbocycles. The lowest BCUT2D eigenvalue weighted by atomic mass is 9.98. The predicted octanol–water partition coefficient (Wildman–Crippen LogP) is 11.0. The number of amides is 2. The minimum atomic E-state index is -0.182. The Labute approximate surface area is 449 Å². The Kier molecular flexibility index (Phi) is 18.1. The number of nitrogens with zero attached hydrogens (tertiary/aromatic N) is 5. The number of hydrogen-bond acceptors (Lipinski definition) is 14. The number of anilines is 3. The number of methoxy groups -OCH3 is 2. The molecule has 0 bridgehead atoms. The first-order chi connectivity index (χ1) is 36.5. The van der Waals surface area contributed by atoms with Crippen LogP contribution in [0.4, 0.5) is 22.7 Å². The zero-order chi connectivity index (χ0) is 52.3. The molecule has 4 aliphatic rings. The zero-order valence-corrected chi connectivity index (χ0v) is 45.6. The minimum Gasteiger partial charge on any atom is -0.493 e. The van der Waals surface area contributed by atoms with Crippen LogP contribution in [-0.4, -0.2) is 114 Å². The highest BCUT2D eigenvalue weighted by atomic mass is 33.1. The van der Waals surface area contributed by atoms with Crippen LogP contribution in [0.25, 0.3) is 0 Å². The van der Waals surface area contributed by atoms with Crippen LogP contribution in [0.3, 0.4) is 0 Å². The number of benzene rings is 5. The summed E-state index contributed by atoms with van der Waals surface area (Å²) in [6.07, 6.45) is 7.64. The minimum absolute atomic E-state index is 0.0537. The zero-order valence-electron chi connectivity index (χ0n) is 44.0. The summed E-state index contributed by atoms with van der Waals surface area (Å²) >= 11 is 0. The van der Waals surface area contributed by atoms with Gasteiger partial charge in [-0.1, -0.05) is 63.1 Å². The lowest BCUT2D eigenvalue weighted by Gasteiger charge is -2.34. The quantitative estimate of drug-likeness (QED) is 0.0226. The van der Waals surface area contributed by atoms with Gasteiger partial charge in [0.25, 0.3) is 11.8 Å². The maximum atomic E-state index is 14.2. The van der Waals surface area contributed by atoms with Crippen LogP contribution >= 0.6 is 21.6 Å². The van der Waals surface area contributed by atoms with Gasteiger partial charge >= 0.3 is 0 Å². The molecule has 5 aromatic carbocycles. The van der Waals surface area contributed by atoms with Gasteiger partial charge in [-0.15, -0.1) is 0 Å². The first-order valence-electron chi connectivity index (χ1n) is 25.9. The second-order valence-corrected chi connectivity index (χ2v) is 22.9. The monoisotopic (exact) mass is 1060 g/mol. The highest BCUT2D eigenvalue weighted by Crippen LogP contribution is 2.43. The molecule has 2 atom stereocenters. The predicted molar refractivity (Wildman–Crippen MR) is 302 cm³/mol. The SMILES string of the molecule is CC=NOCCCSSC(C)(C)CN(CCOCCOCCOC)c1cc(COc2cc3c(cc2C)C(=O)N2c4ccccc4C[C@H]2CC3)cc(COc2cc3c(cc2OC)C(=O)N2c4ccccc4C[C@H]2C=N3)c1. The molecule has 14 nitrogen and oxygen atoms in total. The molecule has 2 amide bonds. The number of fused-ring (bicyclic) bond motifs is 8. The van der Waals surface area contributed by atoms with Gasteiger partial charge in [0.15, 0.2) is 11.5 Å². The van der Waals surface area contributed by atoms with Crippen molar-refractivity contribution in [2.24, 2.45) is 10.1 Å². The third-order valence-electron chi connectivity index (χ3n) is 13.8. The number of hydrogen-bond donors (Lipinski definition) is 0. The summed E-state index contributed by atoms with van der Waals surface area (Å²) in [7, 11) is 6.94. The van der Waals surface area contributed by atoms with Crippen LogP contribution in [0.2, 0.25) is 0 Å². The van der Waals surface area contributed by atoms with E-state index < -0.39 is 0 Å². The van der Waals surface area contributed by atoms with Crippen molar-refractivity contribution in [3.63, 3.8) is 0 Å². The van der Waals surface area contributed by atoms with Gasteiger partial charge < -0.3 is 43.1 Å².